The third kappa shape index (κ3) is 1.74. The van der Waals surface area contributed by atoms with Crippen LogP contribution in [0.25, 0.3) is 0 Å². The van der Waals surface area contributed by atoms with Gasteiger partial charge in [-0.15, -0.1) is 0 Å². The highest BCUT2D eigenvalue weighted by atomic mass is 79.9. The minimum Gasteiger partial charge on any atom is -0.481 e. The summed E-state index contributed by atoms with van der Waals surface area (Å²) in [6, 6.07) is 0. The molecule has 1 rings (SSSR count). The Hall–Kier alpha value is 0.170. The zero-order valence-electron chi connectivity index (χ0n) is 6.84. The van der Waals surface area contributed by atoms with Gasteiger partial charge in [0.05, 0.1) is 9.31 Å². The summed E-state index contributed by atoms with van der Waals surface area (Å²) in [5, 5.41) is 8.81. The summed E-state index contributed by atoms with van der Waals surface area (Å²) in [6.07, 6.45) is 1.90. The summed E-state index contributed by atoms with van der Waals surface area (Å²) < 4.78 is 0.830. The molecule has 0 radical (unpaired) electrons. The smallest absolute Gasteiger partial charge is 0.307 e. The van der Waals surface area contributed by atoms with Crippen LogP contribution >= 0.6 is 31.9 Å². The van der Waals surface area contributed by atoms with Crippen molar-refractivity contribution < 1.29 is 9.90 Å². The quantitative estimate of drug-likeness (QED) is 0.851. The van der Waals surface area contributed by atoms with Gasteiger partial charge in [0, 0.05) is 0 Å². The van der Waals surface area contributed by atoms with Gasteiger partial charge in [-0.25, -0.2) is 0 Å². The summed E-state index contributed by atoms with van der Waals surface area (Å²) in [5.41, 5.74) is -0.0986. The number of aliphatic carboxylic acids is 1. The largest absolute Gasteiger partial charge is 0.481 e. The third-order valence-electron chi connectivity index (χ3n) is 2.48. The zero-order valence-corrected chi connectivity index (χ0v) is 10.0. The van der Waals surface area contributed by atoms with Crippen molar-refractivity contribution in [3.8, 4) is 0 Å². The molecule has 1 aliphatic rings. The first-order valence-electron chi connectivity index (χ1n) is 3.63. The number of halogens is 2. The second kappa shape index (κ2) is 3.14. The van der Waals surface area contributed by atoms with Crippen molar-refractivity contribution in [3.05, 3.63) is 9.47 Å². The van der Waals surface area contributed by atoms with Crippen LogP contribution in [0.4, 0.5) is 0 Å². The van der Waals surface area contributed by atoms with Crippen molar-refractivity contribution in [1.29, 1.82) is 0 Å². The first-order chi connectivity index (χ1) is 5.37. The van der Waals surface area contributed by atoms with E-state index in [0.717, 1.165) is 3.39 Å². The average molecular weight is 298 g/mol. The second-order valence-corrected chi connectivity index (χ2v) is 6.39. The van der Waals surface area contributed by atoms with Gasteiger partial charge in [-0.3, -0.25) is 4.79 Å². The van der Waals surface area contributed by atoms with Crippen molar-refractivity contribution in [2.75, 3.05) is 0 Å². The molecule has 0 spiro atoms. The molecule has 4 heteroatoms. The molecule has 0 amide bonds. The molecule has 0 aliphatic heterocycles. The normalized spacial score (nSPS) is 31.0. The zero-order chi connectivity index (χ0) is 9.52. The SMILES string of the molecule is CC1(C)[C@H](C=C(Br)Br)[C@H]1C(=O)O. The van der Waals surface area contributed by atoms with Gasteiger partial charge in [0.25, 0.3) is 0 Å². The molecule has 68 valence electrons. The monoisotopic (exact) mass is 296 g/mol. The summed E-state index contributed by atoms with van der Waals surface area (Å²) in [4.78, 5) is 10.7. The van der Waals surface area contributed by atoms with Crippen LogP contribution in [0.5, 0.6) is 0 Å². The maximum absolute atomic E-state index is 10.7. The lowest BCUT2D eigenvalue weighted by Gasteiger charge is -1.96. The topological polar surface area (TPSA) is 37.3 Å². The first-order valence-corrected chi connectivity index (χ1v) is 5.21. The lowest BCUT2D eigenvalue weighted by molar-refractivity contribution is -0.139. The Bertz CT molecular complexity index is 241. The maximum Gasteiger partial charge on any atom is 0.307 e. The fraction of sp³-hybridized carbons (Fsp3) is 0.625. The van der Waals surface area contributed by atoms with Gasteiger partial charge < -0.3 is 5.11 Å². The second-order valence-electron chi connectivity index (χ2n) is 3.62. The van der Waals surface area contributed by atoms with Crippen LogP contribution in [0.1, 0.15) is 13.8 Å². The lowest BCUT2D eigenvalue weighted by Crippen LogP contribution is -2.02. The number of allylic oxidation sites excluding steroid dienone is 1. The molecular formula is C8H10Br2O2. The Morgan fingerprint density at radius 2 is 2.00 bits per heavy atom. The Morgan fingerprint density at radius 1 is 1.50 bits per heavy atom. The third-order valence-corrected chi connectivity index (χ3v) is 3.01. The Balaban J connectivity index is 2.73. The van der Waals surface area contributed by atoms with Crippen LogP contribution in [-0.2, 0) is 4.79 Å². The standard InChI is InChI=1S/C8H10Br2O2/c1-8(2)4(3-5(9)10)6(8)7(11)12/h3-4,6H,1-2H3,(H,11,12)/t4-,6+/m1/s1. The number of hydrogen-bond acceptors (Lipinski definition) is 1. The number of carboxylic acids is 1. The van der Waals surface area contributed by atoms with Gasteiger partial charge in [0.2, 0.25) is 0 Å². The van der Waals surface area contributed by atoms with Gasteiger partial charge >= 0.3 is 5.97 Å². The van der Waals surface area contributed by atoms with Crippen molar-refractivity contribution in [1.82, 2.24) is 0 Å². The summed E-state index contributed by atoms with van der Waals surface area (Å²) in [6.45, 7) is 3.94. The summed E-state index contributed by atoms with van der Waals surface area (Å²) in [7, 11) is 0. The molecule has 1 aliphatic carbocycles. The molecule has 1 saturated carbocycles. The van der Waals surface area contributed by atoms with E-state index in [4.69, 9.17) is 5.11 Å². The van der Waals surface area contributed by atoms with Crippen molar-refractivity contribution in [2.45, 2.75) is 13.8 Å². The van der Waals surface area contributed by atoms with E-state index in [1.165, 1.54) is 0 Å². The molecule has 1 fully saturated rings. The van der Waals surface area contributed by atoms with Gasteiger partial charge in [0.1, 0.15) is 0 Å². The number of carbonyl (C=O) groups is 1. The fourth-order valence-electron chi connectivity index (χ4n) is 1.60. The molecule has 0 saturated heterocycles. The molecule has 1 N–H and O–H groups in total. The van der Waals surface area contributed by atoms with E-state index >= 15 is 0 Å². The molecule has 0 unspecified atom stereocenters. The Labute approximate surface area is 88.3 Å². The van der Waals surface area contributed by atoms with Crippen LogP contribution in [0.3, 0.4) is 0 Å². The number of hydrogen-bond donors (Lipinski definition) is 1. The van der Waals surface area contributed by atoms with E-state index in [1.54, 1.807) is 0 Å². The lowest BCUT2D eigenvalue weighted by atomic mass is 10.1. The minimum absolute atomic E-state index is 0.0986. The Morgan fingerprint density at radius 3 is 2.25 bits per heavy atom. The molecule has 0 heterocycles. The van der Waals surface area contributed by atoms with Gasteiger partial charge in [-0.05, 0) is 43.2 Å². The van der Waals surface area contributed by atoms with E-state index in [2.05, 4.69) is 31.9 Å². The van der Waals surface area contributed by atoms with E-state index in [9.17, 15) is 4.79 Å². The van der Waals surface area contributed by atoms with E-state index in [-0.39, 0.29) is 17.3 Å². The van der Waals surface area contributed by atoms with Crippen LogP contribution < -0.4 is 0 Å². The summed E-state index contributed by atoms with van der Waals surface area (Å²) >= 11 is 6.46. The van der Waals surface area contributed by atoms with Crippen LogP contribution in [0.2, 0.25) is 0 Å². The predicted octanol–water partition coefficient (Wildman–Crippen LogP) is 2.97. The maximum atomic E-state index is 10.7. The molecule has 2 nitrogen and oxygen atoms in total. The molecule has 2 atom stereocenters. The van der Waals surface area contributed by atoms with E-state index < -0.39 is 5.97 Å². The molecule has 0 aromatic heterocycles. The van der Waals surface area contributed by atoms with E-state index in [0.29, 0.717) is 0 Å². The van der Waals surface area contributed by atoms with Crippen molar-refractivity contribution >= 4 is 37.8 Å². The molecule has 0 aromatic carbocycles. The van der Waals surface area contributed by atoms with Crippen LogP contribution in [-0.4, -0.2) is 11.1 Å². The predicted molar refractivity (Wildman–Crippen MR) is 54.3 cm³/mol. The highest BCUT2D eigenvalue weighted by Gasteiger charge is 2.60. The van der Waals surface area contributed by atoms with Gasteiger partial charge in [0.15, 0.2) is 0 Å². The molecular weight excluding hydrogens is 288 g/mol. The van der Waals surface area contributed by atoms with Gasteiger partial charge in [-0.2, -0.15) is 0 Å². The van der Waals surface area contributed by atoms with Gasteiger partial charge in [-0.1, -0.05) is 19.9 Å². The Kier molecular flexibility index (Phi) is 2.69. The molecule has 0 aromatic rings. The first kappa shape index (κ1) is 10.3. The highest BCUT2D eigenvalue weighted by molar-refractivity contribution is 9.28. The van der Waals surface area contributed by atoms with Crippen molar-refractivity contribution in [2.24, 2.45) is 17.3 Å². The van der Waals surface area contributed by atoms with Crippen molar-refractivity contribution in [3.63, 3.8) is 0 Å². The van der Waals surface area contributed by atoms with Crippen LogP contribution in [0, 0.1) is 17.3 Å². The summed E-state index contributed by atoms with van der Waals surface area (Å²) in [5.74, 6) is -0.797. The number of carboxylic acid groups (broad SMARTS) is 1. The van der Waals surface area contributed by atoms with E-state index in [1.807, 2.05) is 19.9 Å². The van der Waals surface area contributed by atoms with Crippen LogP contribution in [0.15, 0.2) is 9.47 Å². The minimum atomic E-state index is -0.706. The fourth-order valence-corrected chi connectivity index (χ4v) is 2.17. The molecule has 0 bridgehead atoms. The highest BCUT2D eigenvalue weighted by Crippen LogP contribution is 2.59. The number of rotatable bonds is 2. The average Bonchev–Trinajstić information content (AvgIpc) is 2.32. The molecule has 12 heavy (non-hydrogen) atoms.